The van der Waals surface area contributed by atoms with Gasteiger partial charge in [-0.3, -0.25) is 0 Å². The third kappa shape index (κ3) is 2.37. The summed E-state index contributed by atoms with van der Waals surface area (Å²) in [4.78, 5) is 1.41. The Hall–Kier alpha value is 0.300. The molecule has 0 aliphatic heterocycles. The van der Waals surface area contributed by atoms with Gasteiger partial charge >= 0.3 is 0 Å². The SMILES string of the molecule is CCSc1cccc(C)c1I. The van der Waals surface area contributed by atoms with Crippen LogP contribution in [-0.2, 0) is 0 Å². The Morgan fingerprint density at radius 2 is 2.18 bits per heavy atom. The molecule has 0 amide bonds. The molecule has 0 fully saturated rings. The van der Waals surface area contributed by atoms with Crippen LogP contribution >= 0.6 is 34.4 Å². The van der Waals surface area contributed by atoms with Gasteiger partial charge in [0.15, 0.2) is 0 Å². The van der Waals surface area contributed by atoms with E-state index in [4.69, 9.17) is 0 Å². The summed E-state index contributed by atoms with van der Waals surface area (Å²) in [6.07, 6.45) is 0. The number of hydrogen-bond acceptors (Lipinski definition) is 1. The molecule has 60 valence electrons. The van der Waals surface area contributed by atoms with Gasteiger partial charge in [0.1, 0.15) is 0 Å². The molecule has 11 heavy (non-hydrogen) atoms. The third-order valence-electron chi connectivity index (χ3n) is 1.46. The minimum Gasteiger partial charge on any atom is -0.125 e. The molecule has 0 radical (unpaired) electrons. The molecule has 0 N–H and O–H groups in total. The third-order valence-corrected chi connectivity index (χ3v) is 4.19. The average Bonchev–Trinajstić information content (AvgIpc) is 1.99. The van der Waals surface area contributed by atoms with E-state index >= 15 is 0 Å². The lowest BCUT2D eigenvalue weighted by atomic mass is 10.2. The molecule has 0 unspecified atom stereocenters. The first-order chi connectivity index (χ1) is 5.25. The summed E-state index contributed by atoms with van der Waals surface area (Å²) in [5, 5.41) is 0. The molecule has 0 heterocycles. The Kier molecular flexibility index (Phi) is 3.72. The van der Waals surface area contributed by atoms with Gasteiger partial charge in [-0.1, -0.05) is 19.1 Å². The van der Waals surface area contributed by atoms with E-state index in [1.54, 1.807) is 0 Å². The Bertz CT molecular complexity index is 245. The van der Waals surface area contributed by atoms with Crippen molar-refractivity contribution in [1.82, 2.24) is 0 Å². The van der Waals surface area contributed by atoms with Crippen LogP contribution in [0.4, 0.5) is 0 Å². The largest absolute Gasteiger partial charge is 0.125 e. The first-order valence-electron chi connectivity index (χ1n) is 3.63. The van der Waals surface area contributed by atoms with Gasteiger partial charge in [0.05, 0.1) is 0 Å². The molecular weight excluding hydrogens is 267 g/mol. The van der Waals surface area contributed by atoms with Gasteiger partial charge in [-0.25, -0.2) is 0 Å². The molecule has 0 spiro atoms. The number of aryl methyl sites for hydroxylation is 1. The second kappa shape index (κ2) is 4.36. The number of thioether (sulfide) groups is 1. The van der Waals surface area contributed by atoms with Crippen LogP contribution in [0.2, 0.25) is 0 Å². The highest BCUT2D eigenvalue weighted by molar-refractivity contribution is 14.1. The van der Waals surface area contributed by atoms with Gasteiger partial charge in [-0.15, -0.1) is 11.8 Å². The minimum atomic E-state index is 1.15. The normalized spacial score (nSPS) is 10.1. The zero-order valence-corrected chi connectivity index (χ0v) is 9.70. The van der Waals surface area contributed by atoms with E-state index in [9.17, 15) is 0 Å². The highest BCUT2D eigenvalue weighted by atomic mass is 127. The highest BCUT2D eigenvalue weighted by Crippen LogP contribution is 2.25. The van der Waals surface area contributed by atoms with Crippen molar-refractivity contribution in [1.29, 1.82) is 0 Å². The van der Waals surface area contributed by atoms with Crippen molar-refractivity contribution in [2.75, 3.05) is 5.75 Å². The first kappa shape index (κ1) is 9.39. The monoisotopic (exact) mass is 278 g/mol. The Labute approximate surface area is 85.9 Å². The van der Waals surface area contributed by atoms with Gasteiger partial charge in [0.25, 0.3) is 0 Å². The fourth-order valence-corrected chi connectivity index (χ4v) is 2.49. The van der Waals surface area contributed by atoms with Crippen LogP contribution < -0.4 is 0 Å². The zero-order valence-electron chi connectivity index (χ0n) is 6.73. The zero-order chi connectivity index (χ0) is 8.27. The lowest BCUT2D eigenvalue weighted by molar-refractivity contribution is 1.30. The molecule has 2 heteroatoms. The summed E-state index contributed by atoms with van der Waals surface area (Å²) >= 11 is 4.32. The van der Waals surface area contributed by atoms with Crippen LogP contribution in [0.5, 0.6) is 0 Å². The maximum Gasteiger partial charge on any atom is 0.0295 e. The summed E-state index contributed by atoms with van der Waals surface area (Å²) in [6.45, 7) is 4.34. The van der Waals surface area contributed by atoms with Crippen molar-refractivity contribution in [3.8, 4) is 0 Å². The van der Waals surface area contributed by atoms with Gasteiger partial charge in [-0.2, -0.15) is 0 Å². The van der Waals surface area contributed by atoms with Crippen LogP contribution in [0.3, 0.4) is 0 Å². The highest BCUT2D eigenvalue weighted by Gasteiger charge is 1.99. The van der Waals surface area contributed by atoms with Crippen molar-refractivity contribution in [2.45, 2.75) is 18.7 Å². The Morgan fingerprint density at radius 1 is 1.45 bits per heavy atom. The fourth-order valence-electron chi connectivity index (χ4n) is 0.887. The van der Waals surface area contributed by atoms with E-state index in [1.807, 2.05) is 11.8 Å². The number of benzene rings is 1. The predicted octanol–water partition coefficient (Wildman–Crippen LogP) is 3.71. The molecule has 1 aromatic rings. The van der Waals surface area contributed by atoms with Gasteiger partial charge in [0.2, 0.25) is 0 Å². The van der Waals surface area contributed by atoms with Crippen LogP contribution in [0.15, 0.2) is 23.1 Å². The van der Waals surface area contributed by atoms with Crippen LogP contribution in [-0.4, -0.2) is 5.75 Å². The number of hydrogen-bond donors (Lipinski definition) is 0. The van der Waals surface area contributed by atoms with Crippen molar-refractivity contribution in [2.24, 2.45) is 0 Å². The summed E-state index contributed by atoms with van der Waals surface area (Å²) in [7, 11) is 0. The standard InChI is InChI=1S/C9H11IS/c1-3-11-8-6-4-5-7(2)9(8)10/h4-6H,3H2,1-2H3. The maximum absolute atomic E-state index is 2.41. The minimum absolute atomic E-state index is 1.15. The smallest absolute Gasteiger partial charge is 0.0295 e. The summed E-state index contributed by atoms with van der Waals surface area (Å²) in [5.41, 5.74) is 1.38. The molecule has 0 saturated carbocycles. The molecule has 0 aliphatic rings. The summed E-state index contributed by atoms with van der Waals surface area (Å²) < 4.78 is 1.40. The van der Waals surface area contributed by atoms with Gasteiger partial charge < -0.3 is 0 Å². The van der Waals surface area contributed by atoms with Gasteiger partial charge in [-0.05, 0) is 46.9 Å². The van der Waals surface area contributed by atoms with Crippen molar-refractivity contribution < 1.29 is 0 Å². The predicted molar refractivity (Wildman–Crippen MR) is 60.3 cm³/mol. The molecule has 0 saturated heterocycles. The van der Waals surface area contributed by atoms with Crippen LogP contribution in [0, 0.1) is 10.5 Å². The maximum atomic E-state index is 2.41. The van der Waals surface area contributed by atoms with Crippen molar-refractivity contribution in [3.05, 3.63) is 27.3 Å². The molecule has 0 aliphatic carbocycles. The van der Waals surface area contributed by atoms with E-state index in [2.05, 4.69) is 54.6 Å². The van der Waals surface area contributed by atoms with Crippen LogP contribution in [0.1, 0.15) is 12.5 Å². The fraction of sp³-hybridized carbons (Fsp3) is 0.333. The molecule has 1 rings (SSSR count). The molecule has 0 bridgehead atoms. The average molecular weight is 278 g/mol. The van der Waals surface area contributed by atoms with Crippen molar-refractivity contribution >= 4 is 34.4 Å². The molecule has 0 aromatic heterocycles. The summed E-state index contributed by atoms with van der Waals surface area (Å²) in [6, 6.07) is 6.46. The Balaban J connectivity index is 2.96. The van der Waals surface area contributed by atoms with E-state index < -0.39 is 0 Å². The topological polar surface area (TPSA) is 0 Å². The van der Waals surface area contributed by atoms with Crippen LogP contribution in [0.25, 0.3) is 0 Å². The second-order valence-corrected chi connectivity index (χ2v) is 4.70. The van der Waals surface area contributed by atoms with E-state index in [0.29, 0.717) is 0 Å². The summed E-state index contributed by atoms with van der Waals surface area (Å²) in [5.74, 6) is 1.15. The molecule has 0 nitrogen and oxygen atoms in total. The molecule has 1 aromatic carbocycles. The first-order valence-corrected chi connectivity index (χ1v) is 5.70. The second-order valence-electron chi connectivity index (χ2n) is 2.32. The number of rotatable bonds is 2. The quantitative estimate of drug-likeness (QED) is 0.587. The Morgan fingerprint density at radius 3 is 2.82 bits per heavy atom. The van der Waals surface area contributed by atoms with E-state index in [0.717, 1.165) is 5.75 Å². The molecule has 0 atom stereocenters. The lowest BCUT2D eigenvalue weighted by Crippen LogP contribution is -1.83. The van der Waals surface area contributed by atoms with E-state index in [-0.39, 0.29) is 0 Å². The van der Waals surface area contributed by atoms with Gasteiger partial charge in [0, 0.05) is 8.47 Å². The number of halogens is 1. The lowest BCUT2D eigenvalue weighted by Gasteiger charge is -2.03. The molecular formula is C9H11IS. The van der Waals surface area contributed by atoms with E-state index in [1.165, 1.54) is 14.0 Å². The van der Waals surface area contributed by atoms with Crippen molar-refractivity contribution in [3.63, 3.8) is 0 Å².